The molecule has 116 valence electrons. The number of nitro benzene ring substituents is 1. The first kappa shape index (κ1) is 15.9. The third-order valence-corrected chi connectivity index (χ3v) is 5.81. The van der Waals surface area contributed by atoms with Crippen LogP contribution in [0.2, 0.25) is 0 Å². The Morgan fingerprint density at radius 2 is 1.90 bits per heavy atom. The van der Waals surface area contributed by atoms with Crippen LogP contribution in [0.4, 0.5) is 5.69 Å². The molecule has 1 aromatic carbocycles. The summed E-state index contributed by atoms with van der Waals surface area (Å²) in [7, 11) is -2.65. The molecule has 7 nitrogen and oxygen atoms in total. The molecule has 0 radical (unpaired) electrons. The number of hydrogen-bond donors (Lipinski definition) is 1. The first-order chi connectivity index (χ1) is 9.85. The van der Waals surface area contributed by atoms with Crippen molar-refractivity contribution in [2.45, 2.75) is 42.7 Å². The number of para-hydroxylation sites is 1. The van der Waals surface area contributed by atoms with E-state index in [-0.39, 0.29) is 4.90 Å². The Labute approximate surface area is 123 Å². The molecule has 1 aliphatic carbocycles. The summed E-state index contributed by atoms with van der Waals surface area (Å²) >= 11 is 0. The minimum absolute atomic E-state index is 0.338. The number of aliphatic hydroxyl groups excluding tert-OH is 1. The lowest BCUT2D eigenvalue weighted by molar-refractivity contribution is -0.387. The van der Waals surface area contributed by atoms with Crippen LogP contribution in [0.15, 0.2) is 29.2 Å². The molecule has 0 heterocycles. The summed E-state index contributed by atoms with van der Waals surface area (Å²) in [6, 6.07) is 4.72. The summed E-state index contributed by atoms with van der Waals surface area (Å²) in [6.07, 6.45) is 2.05. The first-order valence-corrected chi connectivity index (χ1v) is 8.19. The van der Waals surface area contributed by atoms with Crippen molar-refractivity contribution in [3.63, 3.8) is 0 Å². The molecule has 0 saturated heterocycles. The monoisotopic (exact) mass is 314 g/mol. The number of sulfonamides is 1. The molecule has 1 aliphatic rings. The molecule has 21 heavy (non-hydrogen) atoms. The molecular formula is C13H18N2O5S. The van der Waals surface area contributed by atoms with E-state index in [1.807, 2.05) is 0 Å². The molecule has 2 rings (SSSR count). The summed E-state index contributed by atoms with van der Waals surface area (Å²) in [6.45, 7) is 0. The predicted molar refractivity (Wildman–Crippen MR) is 76.3 cm³/mol. The lowest BCUT2D eigenvalue weighted by Gasteiger charge is -2.34. The Morgan fingerprint density at radius 3 is 2.52 bits per heavy atom. The number of benzene rings is 1. The van der Waals surface area contributed by atoms with E-state index in [1.54, 1.807) is 0 Å². The Morgan fingerprint density at radius 1 is 1.29 bits per heavy atom. The van der Waals surface area contributed by atoms with Crippen molar-refractivity contribution >= 4 is 15.7 Å². The van der Waals surface area contributed by atoms with Gasteiger partial charge in [-0.2, -0.15) is 4.31 Å². The van der Waals surface area contributed by atoms with Gasteiger partial charge in [-0.1, -0.05) is 25.0 Å². The molecule has 0 bridgehead atoms. The molecule has 1 fully saturated rings. The minimum Gasteiger partial charge on any atom is -0.391 e. The van der Waals surface area contributed by atoms with Crippen LogP contribution >= 0.6 is 0 Å². The Hall–Kier alpha value is -1.51. The van der Waals surface area contributed by atoms with Crippen molar-refractivity contribution in [2.24, 2.45) is 0 Å². The van der Waals surface area contributed by atoms with Crippen LogP contribution in [0, 0.1) is 10.1 Å². The van der Waals surface area contributed by atoms with Crippen molar-refractivity contribution in [2.75, 3.05) is 7.05 Å². The third-order valence-electron chi connectivity index (χ3n) is 3.88. The molecule has 0 spiro atoms. The van der Waals surface area contributed by atoms with Crippen molar-refractivity contribution in [3.8, 4) is 0 Å². The van der Waals surface area contributed by atoms with Gasteiger partial charge in [0.25, 0.3) is 5.69 Å². The van der Waals surface area contributed by atoms with Crippen LogP contribution in [0.5, 0.6) is 0 Å². The number of hydrogen-bond acceptors (Lipinski definition) is 5. The van der Waals surface area contributed by atoms with Gasteiger partial charge in [0.2, 0.25) is 10.0 Å². The van der Waals surface area contributed by atoms with Gasteiger partial charge in [-0.05, 0) is 18.9 Å². The second kappa shape index (κ2) is 6.08. The Kier molecular flexibility index (Phi) is 4.60. The zero-order valence-corrected chi connectivity index (χ0v) is 12.5. The van der Waals surface area contributed by atoms with E-state index in [1.165, 1.54) is 25.2 Å². The summed E-state index contributed by atoms with van der Waals surface area (Å²) < 4.78 is 26.3. The average molecular weight is 314 g/mol. The lowest BCUT2D eigenvalue weighted by Crippen LogP contribution is -2.46. The zero-order chi connectivity index (χ0) is 15.6. The number of aliphatic hydroxyl groups is 1. The molecule has 2 atom stereocenters. The van der Waals surface area contributed by atoms with E-state index in [2.05, 4.69) is 0 Å². The Bertz CT molecular complexity index is 631. The average Bonchev–Trinajstić information content (AvgIpc) is 2.47. The van der Waals surface area contributed by atoms with Crippen LogP contribution in [0.3, 0.4) is 0 Å². The van der Waals surface area contributed by atoms with Gasteiger partial charge >= 0.3 is 0 Å². The van der Waals surface area contributed by atoms with E-state index in [9.17, 15) is 23.6 Å². The minimum atomic E-state index is -4.02. The van der Waals surface area contributed by atoms with Crippen LogP contribution in [-0.2, 0) is 10.0 Å². The van der Waals surface area contributed by atoms with Gasteiger partial charge in [0.1, 0.15) is 0 Å². The van der Waals surface area contributed by atoms with Crippen molar-refractivity contribution in [1.82, 2.24) is 4.31 Å². The van der Waals surface area contributed by atoms with Gasteiger partial charge in [-0.15, -0.1) is 0 Å². The first-order valence-electron chi connectivity index (χ1n) is 6.75. The highest BCUT2D eigenvalue weighted by Gasteiger charge is 2.37. The summed E-state index contributed by atoms with van der Waals surface area (Å²) in [5.74, 6) is 0. The summed E-state index contributed by atoms with van der Waals surface area (Å²) in [4.78, 5) is 9.96. The standard InChI is InChI=1S/C13H18N2O5S/c1-14(10-6-2-4-8-12(10)16)21(19,20)13-9-5-3-7-11(13)15(17)18/h3,5,7,9-10,12,16H,2,4,6,8H2,1H3. The van der Waals surface area contributed by atoms with Crippen LogP contribution < -0.4 is 0 Å². The topological polar surface area (TPSA) is 101 Å². The fourth-order valence-electron chi connectivity index (χ4n) is 2.68. The number of nitro groups is 1. The number of likely N-dealkylation sites (N-methyl/N-ethyl adjacent to an activating group) is 1. The van der Waals surface area contributed by atoms with Crippen LogP contribution in [-0.4, -0.2) is 41.9 Å². The highest BCUT2D eigenvalue weighted by Crippen LogP contribution is 2.30. The molecule has 1 aromatic rings. The summed E-state index contributed by atoms with van der Waals surface area (Å²) in [5, 5.41) is 21.0. The quantitative estimate of drug-likeness (QED) is 0.670. The maximum Gasteiger partial charge on any atom is 0.289 e. The zero-order valence-electron chi connectivity index (χ0n) is 11.7. The smallest absolute Gasteiger partial charge is 0.289 e. The van der Waals surface area contributed by atoms with E-state index in [4.69, 9.17) is 0 Å². The molecule has 0 aromatic heterocycles. The second-order valence-electron chi connectivity index (χ2n) is 5.17. The molecular weight excluding hydrogens is 296 g/mol. The maximum atomic E-state index is 12.6. The van der Waals surface area contributed by atoms with Gasteiger partial charge in [-0.25, -0.2) is 8.42 Å². The van der Waals surface area contributed by atoms with E-state index < -0.39 is 32.8 Å². The number of rotatable bonds is 4. The van der Waals surface area contributed by atoms with Gasteiger partial charge < -0.3 is 5.11 Å². The molecule has 0 aliphatic heterocycles. The highest BCUT2D eigenvalue weighted by molar-refractivity contribution is 7.89. The predicted octanol–water partition coefficient (Wildman–Crippen LogP) is 1.52. The van der Waals surface area contributed by atoms with Crippen molar-refractivity contribution < 1.29 is 18.4 Å². The fourth-order valence-corrected chi connectivity index (χ4v) is 4.25. The van der Waals surface area contributed by atoms with Gasteiger partial charge in [0.15, 0.2) is 4.90 Å². The van der Waals surface area contributed by atoms with Gasteiger partial charge in [0, 0.05) is 13.1 Å². The van der Waals surface area contributed by atoms with Gasteiger partial charge in [-0.3, -0.25) is 10.1 Å². The molecule has 0 amide bonds. The fraction of sp³-hybridized carbons (Fsp3) is 0.538. The SMILES string of the molecule is CN(C1CCCCC1O)S(=O)(=O)c1ccccc1[N+](=O)[O-]. The largest absolute Gasteiger partial charge is 0.391 e. The Balaban J connectivity index is 2.40. The van der Waals surface area contributed by atoms with Crippen LogP contribution in [0.1, 0.15) is 25.7 Å². The normalized spacial score (nSPS) is 23.2. The molecule has 8 heteroatoms. The lowest BCUT2D eigenvalue weighted by atomic mass is 9.93. The van der Waals surface area contributed by atoms with E-state index >= 15 is 0 Å². The number of nitrogens with zero attached hydrogens (tertiary/aromatic N) is 2. The van der Waals surface area contributed by atoms with Crippen LogP contribution in [0.25, 0.3) is 0 Å². The molecule has 1 N–H and O–H groups in total. The van der Waals surface area contributed by atoms with E-state index in [0.29, 0.717) is 12.8 Å². The second-order valence-corrected chi connectivity index (χ2v) is 7.13. The van der Waals surface area contributed by atoms with Crippen molar-refractivity contribution in [3.05, 3.63) is 34.4 Å². The van der Waals surface area contributed by atoms with E-state index in [0.717, 1.165) is 23.2 Å². The third kappa shape index (κ3) is 3.07. The highest BCUT2D eigenvalue weighted by atomic mass is 32.2. The van der Waals surface area contributed by atoms with Gasteiger partial charge in [0.05, 0.1) is 17.1 Å². The van der Waals surface area contributed by atoms with Crippen molar-refractivity contribution in [1.29, 1.82) is 0 Å². The summed E-state index contributed by atoms with van der Waals surface area (Å²) in [5.41, 5.74) is -0.449. The molecule has 2 unspecified atom stereocenters. The molecule has 1 saturated carbocycles. The maximum absolute atomic E-state index is 12.6.